The van der Waals surface area contributed by atoms with Crippen molar-refractivity contribution in [3.8, 4) is 0 Å². The number of rotatable bonds is 2. The van der Waals surface area contributed by atoms with E-state index < -0.39 is 0 Å². The van der Waals surface area contributed by atoms with Crippen LogP contribution in [0.3, 0.4) is 0 Å². The molecule has 3 aromatic heterocycles. The molecule has 0 spiro atoms. The first-order valence-electron chi connectivity index (χ1n) is 9.54. The van der Waals surface area contributed by atoms with Gasteiger partial charge in [-0.3, -0.25) is 4.79 Å². The summed E-state index contributed by atoms with van der Waals surface area (Å²) >= 11 is 1.62. The van der Waals surface area contributed by atoms with Crippen molar-refractivity contribution in [1.82, 2.24) is 19.9 Å². The molecule has 2 unspecified atom stereocenters. The first kappa shape index (κ1) is 16.1. The number of benzene rings is 1. The molecule has 1 N–H and O–H groups in total. The van der Waals surface area contributed by atoms with Crippen LogP contribution in [0.1, 0.15) is 21.7 Å². The maximum Gasteiger partial charge on any atom is 0.264 e. The molecular formula is C21H19N5OS. The molecule has 6 rings (SSSR count). The van der Waals surface area contributed by atoms with Crippen molar-refractivity contribution >= 4 is 44.2 Å². The summed E-state index contributed by atoms with van der Waals surface area (Å²) in [5.74, 6) is 1.16. The summed E-state index contributed by atoms with van der Waals surface area (Å²) in [6, 6.07) is 10.9. The molecule has 4 aromatic rings. The molecule has 2 fully saturated rings. The van der Waals surface area contributed by atoms with Crippen LogP contribution in [-0.2, 0) is 0 Å². The van der Waals surface area contributed by atoms with Gasteiger partial charge < -0.3 is 14.8 Å². The number of thiophene rings is 1. The molecule has 0 saturated carbocycles. The molecule has 2 aliphatic rings. The summed E-state index contributed by atoms with van der Waals surface area (Å²) in [5.41, 5.74) is 1.97. The number of anilines is 1. The van der Waals surface area contributed by atoms with Gasteiger partial charge in [-0.1, -0.05) is 18.2 Å². The fraction of sp³-hybridized carbons (Fsp3) is 0.286. The number of hydrogen-bond acceptors (Lipinski definition) is 5. The lowest BCUT2D eigenvalue weighted by Crippen LogP contribution is -2.49. The standard InChI is InChI=1S/C21H19N5OS/c1-12-15-4-2-3-5-17(15)28-18(12)21(27)26-10-13-8-14(26)9-25(13)20-16-6-7-22-19(16)23-11-24-20/h2-7,11,13-14H,8-10H2,1H3,(H,22,23,24). The van der Waals surface area contributed by atoms with Crippen molar-refractivity contribution < 1.29 is 4.79 Å². The molecule has 2 saturated heterocycles. The van der Waals surface area contributed by atoms with Crippen LogP contribution in [0.25, 0.3) is 21.1 Å². The largest absolute Gasteiger partial charge is 0.349 e. The summed E-state index contributed by atoms with van der Waals surface area (Å²) in [4.78, 5) is 30.6. The van der Waals surface area contributed by atoms with Crippen molar-refractivity contribution in [2.24, 2.45) is 0 Å². The third-order valence-electron chi connectivity index (χ3n) is 6.14. The fourth-order valence-electron chi connectivity index (χ4n) is 4.77. The smallest absolute Gasteiger partial charge is 0.264 e. The van der Waals surface area contributed by atoms with E-state index in [-0.39, 0.29) is 11.9 Å². The number of fused-ring (bicyclic) bond motifs is 4. The van der Waals surface area contributed by atoms with Crippen molar-refractivity contribution in [3.05, 3.63) is 53.3 Å². The number of aromatic nitrogens is 3. The minimum atomic E-state index is 0.181. The normalized spacial score (nSPS) is 21.3. The predicted octanol–water partition coefficient (Wildman–Crippen LogP) is 3.58. The van der Waals surface area contributed by atoms with Crippen LogP contribution in [0, 0.1) is 6.92 Å². The van der Waals surface area contributed by atoms with Gasteiger partial charge in [0.1, 0.15) is 17.8 Å². The SMILES string of the molecule is Cc1c(C(=O)N2CC3CC2CN3c2ncnc3[nH]ccc23)sc2ccccc12. The number of nitrogens with one attached hydrogen (secondary N) is 1. The van der Waals surface area contributed by atoms with E-state index in [1.54, 1.807) is 17.7 Å². The van der Waals surface area contributed by atoms with Gasteiger partial charge >= 0.3 is 0 Å². The molecule has 28 heavy (non-hydrogen) atoms. The van der Waals surface area contributed by atoms with Gasteiger partial charge in [-0.05, 0) is 36.4 Å². The molecule has 7 heteroatoms. The average Bonchev–Trinajstić information content (AvgIpc) is 3.49. The van der Waals surface area contributed by atoms with E-state index in [1.807, 2.05) is 24.4 Å². The van der Waals surface area contributed by atoms with E-state index in [0.29, 0.717) is 6.04 Å². The number of carbonyl (C=O) groups is 1. The second kappa shape index (κ2) is 5.78. The third kappa shape index (κ3) is 2.16. The number of hydrogen-bond donors (Lipinski definition) is 1. The van der Waals surface area contributed by atoms with Gasteiger partial charge in [-0.2, -0.15) is 0 Å². The zero-order chi connectivity index (χ0) is 18.8. The van der Waals surface area contributed by atoms with Crippen molar-refractivity contribution in [1.29, 1.82) is 0 Å². The maximum absolute atomic E-state index is 13.3. The summed E-state index contributed by atoms with van der Waals surface area (Å²) < 4.78 is 1.19. The van der Waals surface area contributed by atoms with E-state index >= 15 is 0 Å². The van der Waals surface area contributed by atoms with Gasteiger partial charge in [0.05, 0.1) is 22.3 Å². The molecule has 5 heterocycles. The molecule has 2 bridgehead atoms. The van der Waals surface area contributed by atoms with Crippen LogP contribution in [0.5, 0.6) is 0 Å². The quantitative estimate of drug-likeness (QED) is 0.569. The van der Waals surface area contributed by atoms with E-state index in [0.717, 1.165) is 46.8 Å². The molecule has 2 atom stereocenters. The lowest BCUT2D eigenvalue weighted by molar-refractivity contribution is 0.0730. The third-order valence-corrected chi connectivity index (χ3v) is 7.41. The van der Waals surface area contributed by atoms with Crippen LogP contribution in [0.15, 0.2) is 42.9 Å². The highest BCUT2D eigenvalue weighted by Gasteiger charge is 2.46. The number of likely N-dealkylation sites (tertiary alicyclic amines) is 1. The second-order valence-corrected chi connectivity index (χ2v) is 8.69. The molecule has 2 aliphatic heterocycles. The fourth-order valence-corrected chi connectivity index (χ4v) is 5.94. The molecule has 6 nitrogen and oxygen atoms in total. The van der Waals surface area contributed by atoms with E-state index in [1.165, 1.54) is 10.1 Å². The average molecular weight is 389 g/mol. The Kier molecular flexibility index (Phi) is 3.32. The lowest BCUT2D eigenvalue weighted by Gasteiger charge is -2.35. The Bertz CT molecular complexity index is 1230. The number of aromatic amines is 1. The Balaban J connectivity index is 1.29. The highest BCUT2D eigenvalue weighted by atomic mass is 32.1. The Morgan fingerprint density at radius 3 is 2.86 bits per heavy atom. The second-order valence-electron chi connectivity index (χ2n) is 7.64. The van der Waals surface area contributed by atoms with Gasteiger partial charge in [0, 0.05) is 24.0 Å². The van der Waals surface area contributed by atoms with Crippen LogP contribution in [-0.4, -0.2) is 50.9 Å². The Morgan fingerprint density at radius 2 is 2.04 bits per heavy atom. The minimum absolute atomic E-state index is 0.181. The first-order chi connectivity index (χ1) is 13.7. The monoisotopic (exact) mass is 389 g/mol. The molecule has 0 radical (unpaired) electrons. The van der Waals surface area contributed by atoms with E-state index in [2.05, 4.69) is 43.8 Å². The molecule has 1 aromatic carbocycles. The number of nitrogens with zero attached hydrogens (tertiary/aromatic N) is 4. The summed E-state index contributed by atoms with van der Waals surface area (Å²) in [5, 5.41) is 2.24. The van der Waals surface area contributed by atoms with Crippen LogP contribution < -0.4 is 4.90 Å². The Morgan fingerprint density at radius 1 is 1.14 bits per heavy atom. The summed E-state index contributed by atoms with van der Waals surface area (Å²) in [6.45, 7) is 3.65. The van der Waals surface area contributed by atoms with Gasteiger partial charge in [-0.25, -0.2) is 9.97 Å². The van der Waals surface area contributed by atoms with Gasteiger partial charge in [0.25, 0.3) is 5.91 Å². The van der Waals surface area contributed by atoms with Crippen molar-refractivity contribution in [2.75, 3.05) is 18.0 Å². The first-order valence-corrected chi connectivity index (χ1v) is 10.4. The number of aryl methyl sites for hydroxylation is 1. The molecule has 1 amide bonds. The number of piperazine rings is 1. The number of H-pyrrole nitrogens is 1. The highest BCUT2D eigenvalue weighted by Crippen LogP contribution is 2.39. The summed E-state index contributed by atoms with van der Waals surface area (Å²) in [6.07, 6.45) is 4.52. The van der Waals surface area contributed by atoms with Crippen molar-refractivity contribution in [2.45, 2.75) is 25.4 Å². The highest BCUT2D eigenvalue weighted by molar-refractivity contribution is 7.21. The number of amides is 1. The predicted molar refractivity (Wildman–Crippen MR) is 111 cm³/mol. The molecular weight excluding hydrogens is 370 g/mol. The van der Waals surface area contributed by atoms with Crippen LogP contribution >= 0.6 is 11.3 Å². The van der Waals surface area contributed by atoms with Crippen LogP contribution in [0.4, 0.5) is 5.82 Å². The molecule has 140 valence electrons. The summed E-state index contributed by atoms with van der Waals surface area (Å²) in [7, 11) is 0. The minimum Gasteiger partial charge on any atom is -0.349 e. The van der Waals surface area contributed by atoms with Gasteiger partial charge in [0.15, 0.2) is 0 Å². The topological polar surface area (TPSA) is 65.1 Å². The maximum atomic E-state index is 13.3. The van der Waals surface area contributed by atoms with Gasteiger partial charge in [-0.15, -0.1) is 11.3 Å². The zero-order valence-corrected chi connectivity index (χ0v) is 16.2. The van der Waals surface area contributed by atoms with E-state index in [9.17, 15) is 4.79 Å². The van der Waals surface area contributed by atoms with Crippen LogP contribution in [0.2, 0.25) is 0 Å². The van der Waals surface area contributed by atoms with Gasteiger partial charge in [0.2, 0.25) is 0 Å². The zero-order valence-electron chi connectivity index (χ0n) is 15.4. The molecule has 0 aliphatic carbocycles. The Hall–Kier alpha value is -2.93. The number of carbonyl (C=O) groups excluding carboxylic acids is 1. The lowest BCUT2D eigenvalue weighted by atomic mass is 10.1. The Labute approximate surface area is 165 Å². The van der Waals surface area contributed by atoms with E-state index in [4.69, 9.17) is 0 Å². The van der Waals surface area contributed by atoms with Crippen molar-refractivity contribution in [3.63, 3.8) is 0 Å².